The summed E-state index contributed by atoms with van der Waals surface area (Å²) >= 11 is 0. The molecule has 2 aliphatic heterocycles. The number of carboxylic acids is 1. The zero-order valence-electron chi connectivity index (χ0n) is 17.8. The minimum atomic E-state index is -5.08. The molecule has 1 saturated carbocycles. The monoisotopic (exact) mass is 446 g/mol. The van der Waals surface area contributed by atoms with Crippen molar-refractivity contribution < 1.29 is 37.0 Å². The fraction of sp³-hybridized carbons (Fsp3) is 0.714. The van der Waals surface area contributed by atoms with Gasteiger partial charge in [0.2, 0.25) is 0 Å². The Balaban J connectivity index is 0.000000339. The zero-order chi connectivity index (χ0) is 22.8. The minimum Gasteiger partial charge on any atom is -0.475 e. The van der Waals surface area contributed by atoms with Crippen molar-refractivity contribution in [3.63, 3.8) is 0 Å². The van der Waals surface area contributed by atoms with Gasteiger partial charge in [0.15, 0.2) is 5.76 Å². The van der Waals surface area contributed by atoms with Crippen LogP contribution in [0.2, 0.25) is 0 Å². The SMILES string of the molecule is COC[C@H]1CN(CC2CC2)C[C@@]12CCN(C(=O)c1occc1C)C2.O=C(O)C(F)(F)F. The first kappa shape index (κ1) is 23.6. The number of carboxylic acid groups (broad SMARTS) is 1. The standard InChI is InChI=1S/C19H28N2O3.C2HF3O2/c1-14-5-8-24-17(14)18(22)21-7-6-19(13-21)12-20(9-15-3-4-15)10-16(19)11-23-2;3-2(4,5)1(6)7/h5,8,15-16H,3-4,6-7,9-13H2,1-2H3;(H,6,7)/t16-,19-;/m1./s1. The molecule has 0 aromatic carbocycles. The maximum absolute atomic E-state index is 12.8. The number of aliphatic carboxylic acids is 1. The third kappa shape index (κ3) is 5.60. The Labute approximate surface area is 179 Å². The highest BCUT2D eigenvalue weighted by Gasteiger charge is 2.52. The van der Waals surface area contributed by atoms with Gasteiger partial charge in [0.25, 0.3) is 5.91 Å². The molecule has 0 radical (unpaired) electrons. The molecular weight excluding hydrogens is 417 g/mol. The predicted octanol–water partition coefficient (Wildman–Crippen LogP) is 3.04. The molecule has 1 spiro atoms. The maximum Gasteiger partial charge on any atom is 0.490 e. The number of carbonyl (C=O) groups is 2. The Morgan fingerprint density at radius 2 is 2.00 bits per heavy atom. The van der Waals surface area contributed by atoms with E-state index in [9.17, 15) is 18.0 Å². The lowest BCUT2D eigenvalue weighted by molar-refractivity contribution is -0.192. The van der Waals surface area contributed by atoms with Crippen LogP contribution in [0.4, 0.5) is 13.2 Å². The van der Waals surface area contributed by atoms with Gasteiger partial charge in [-0.15, -0.1) is 0 Å². The minimum absolute atomic E-state index is 0.0474. The Hall–Kier alpha value is -2.07. The molecule has 3 fully saturated rings. The number of amides is 1. The summed E-state index contributed by atoms with van der Waals surface area (Å²) in [5.74, 6) is -0.771. The van der Waals surface area contributed by atoms with Gasteiger partial charge in [-0.1, -0.05) is 0 Å². The van der Waals surface area contributed by atoms with Crippen molar-refractivity contribution in [3.05, 3.63) is 23.7 Å². The summed E-state index contributed by atoms with van der Waals surface area (Å²) in [4.78, 5) is 26.3. The second-order valence-corrected chi connectivity index (χ2v) is 8.86. The molecule has 3 aliphatic rings. The van der Waals surface area contributed by atoms with Gasteiger partial charge in [-0.25, -0.2) is 4.79 Å². The van der Waals surface area contributed by atoms with Crippen LogP contribution < -0.4 is 0 Å². The first-order chi connectivity index (χ1) is 14.6. The number of hydrogen-bond donors (Lipinski definition) is 1. The summed E-state index contributed by atoms with van der Waals surface area (Å²) in [6.07, 6.45) is 0.379. The normalized spacial score (nSPS) is 26.2. The Morgan fingerprint density at radius 3 is 2.52 bits per heavy atom. The molecule has 2 saturated heterocycles. The first-order valence-electron chi connectivity index (χ1n) is 10.4. The average Bonchev–Trinajstić information content (AvgIpc) is 3.10. The third-order valence-electron chi connectivity index (χ3n) is 6.44. The summed E-state index contributed by atoms with van der Waals surface area (Å²) in [6, 6.07) is 1.86. The average molecular weight is 446 g/mol. The molecule has 1 N–H and O–H groups in total. The fourth-order valence-corrected chi connectivity index (χ4v) is 4.65. The highest BCUT2D eigenvalue weighted by atomic mass is 19.4. The Morgan fingerprint density at radius 1 is 1.32 bits per heavy atom. The van der Waals surface area contributed by atoms with Gasteiger partial charge in [-0.05, 0) is 38.2 Å². The molecule has 3 heterocycles. The highest BCUT2D eigenvalue weighted by molar-refractivity contribution is 5.93. The lowest BCUT2D eigenvalue weighted by Gasteiger charge is -2.30. The van der Waals surface area contributed by atoms with Crippen LogP contribution >= 0.6 is 0 Å². The van der Waals surface area contributed by atoms with E-state index in [2.05, 4.69) is 4.90 Å². The Bertz CT molecular complexity index is 792. The van der Waals surface area contributed by atoms with Crippen LogP contribution in [0.15, 0.2) is 16.7 Å². The number of ether oxygens (including phenoxy) is 1. The molecule has 10 heteroatoms. The van der Waals surface area contributed by atoms with E-state index in [1.807, 2.05) is 17.9 Å². The van der Waals surface area contributed by atoms with Gasteiger partial charge in [-0.3, -0.25) is 4.79 Å². The number of hydrogen-bond acceptors (Lipinski definition) is 5. The quantitative estimate of drug-likeness (QED) is 0.749. The summed E-state index contributed by atoms with van der Waals surface area (Å²) in [5.41, 5.74) is 1.12. The van der Waals surface area contributed by atoms with E-state index in [0.29, 0.717) is 11.7 Å². The van der Waals surface area contributed by atoms with Gasteiger partial charge in [0.1, 0.15) is 0 Å². The van der Waals surface area contributed by atoms with Crippen molar-refractivity contribution in [2.24, 2.45) is 17.3 Å². The number of aryl methyl sites for hydroxylation is 1. The van der Waals surface area contributed by atoms with E-state index in [4.69, 9.17) is 19.1 Å². The van der Waals surface area contributed by atoms with Crippen molar-refractivity contribution in [1.29, 1.82) is 0 Å². The van der Waals surface area contributed by atoms with Crippen LogP contribution in [-0.4, -0.2) is 79.4 Å². The van der Waals surface area contributed by atoms with Gasteiger partial charge in [0.05, 0.1) is 12.9 Å². The number of nitrogens with zero attached hydrogens (tertiary/aromatic N) is 2. The van der Waals surface area contributed by atoms with Crippen LogP contribution in [-0.2, 0) is 9.53 Å². The van der Waals surface area contributed by atoms with Crippen molar-refractivity contribution >= 4 is 11.9 Å². The number of likely N-dealkylation sites (tertiary alicyclic amines) is 2. The molecule has 1 amide bonds. The van der Waals surface area contributed by atoms with E-state index in [0.717, 1.165) is 50.7 Å². The second-order valence-electron chi connectivity index (χ2n) is 8.86. The smallest absolute Gasteiger partial charge is 0.475 e. The third-order valence-corrected chi connectivity index (χ3v) is 6.44. The summed E-state index contributed by atoms with van der Waals surface area (Å²) in [7, 11) is 1.79. The number of halogens is 3. The van der Waals surface area contributed by atoms with Gasteiger partial charge < -0.3 is 24.1 Å². The first-order valence-corrected chi connectivity index (χ1v) is 10.4. The topological polar surface area (TPSA) is 83.2 Å². The Kier molecular flexibility index (Phi) is 7.00. The van der Waals surface area contributed by atoms with Crippen molar-refractivity contribution in [2.45, 2.75) is 32.4 Å². The van der Waals surface area contributed by atoms with E-state index in [1.54, 1.807) is 13.4 Å². The largest absolute Gasteiger partial charge is 0.490 e. The lowest BCUT2D eigenvalue weighted by atomic mass is 9.77. The van der Waals surface area contributed by atoms with Crippen LogP contribution in [0.5, 0.6) is 0 Å². The van der Waals surface area contributed by atoms with Crippen LogP contribution in [0.1, 0.15) is 35.4 Å². The molecule has 1 aromatic heterocycles. The highest BCUT2D eigenvalue weighted by Crippen LogP contribution is 2.45. The molecule has 1 aromatic rings. The van der Waals surface area contributed by atoms with Crippen molar-refractivity contribution in [2.75, 3.05) is 46.4 Å². The predicted molar refractivity (Wildman–Crippen MR) is 105 cm³/mol. The van der Waals surface area contributed by atoms with Crippen LogP contribution in [0.25, 0.3) is 0 Å². The number of furan rings is 1. The van der Waals surface area contributed by atoms with Gasteiger partial charge in [-0.2, -0.15) is 13.2 Å². The lowest BCUT2D eigenvalue weighted by Crippen LogP contribution is -2.38. The molecule has 7 nitrogen and oxygen atoms in total. The molecule has 31 heavy (non-hydrogen) atoms. The summed E-state index contributed by atoms with van der Waals surface area (Å²) in [5, 5.41) is 7.12. The van der Waals surface area contributed by atoms with E-state index in [-0.39, 0.29) is 11.3 Å². The zero-order valence-corrected chi connectivity index (χ0v) is 17.8. The van der Waals surface area contributed by atoms with E-state index in [1.165, 1.54) is 19.4 Å². The van der Waals surface area contributed by atoms with E-state index < -0.39 is 12.1 Å². The molecule has 174 valence electrons. The molecular formula is C21H29F3N2O5. The number of methoxy groups -OCH3 is 1. The maximum atomic E-state index is 12.8. The molecule has 1 aliphatic carbocycles. The number of alkyl halides is 3. The van der Waals surface area contributed by atoms with Gasteiger partial charge >= 0.3 is 12.1 Å². The number of carbonyl (C=O) groups excluding carboxylic acids is 1. The summed E-state index contributed by atoms with van der Waals surface area (Å²) < 4.78 is 42.7. The number of rotatable bonds is 5. The molecule has 0 unspecified atom stereocenters. The van der Waals surface area contributed by atoms with Crippen molar-refractivity contribution in [1.82, 2.24) is 9.80 Å². The summed E-state index contributed by atoms with van der Waals surface area (Å²) in [6.45, 7) is 7.85. The fourth-order valence-electron chi connectivity index (χ4n) is 4.65. The van der Waals surface area contributed by atoms with Crippen LogP contribution in [0.3, 0.4) is 0 Å². The molecule has 2 atom stereocenters. The van der Waals surface area contributed by atoms with Crippen LogP contribution in [0, 0.1) is 24.2 Å². The molecule has 4 rings (SSSR count). The second kappa shape index (κ2) is 9.20. The van der Waals surface area contributed by atoms with E-state index >= 15 is 0 Å². The molecule has 0 bridgehead atoms. The van der Waals surface area contributed by atoms with Crippen molar-refractivity contribution in [3.8, 4) is 0 Å². The van der Waals surface area contributed by atoms with Gasteiger partial charge in [0, 0.05) is 56.7 Å².